The van der Waals surface area contributed by atoms with Crippen LogP contribution < -0.4 is 4.74 Å². The van der Waals surface area contributed by atoms with Crippen LogP contribution in [0.5, 0.6) is 11.5 Å². The lowest BCUT2D eigenvalue weighted by molar-refractivity contribution is 0.412. The standard InChI is InChI=1S/C22H17ClN2O2/c1-27-18-8-10-22(26)16(11-18)14-25-17-7-9-19(21(23)12-17)20(13-24)15-5-3-2-4-6-15/h2-12,14,20,26H,1H3/t20-/m0/s1. The van der Waals surface area contributed by atoms with Crippen LogP contribution in [0.15, 0.2) is 71.7 Å². The first kappa shape index (κ1) is 18.5. The van der Waals surface area contributed by atoms with E-state index in [-0.39, 0.29) is 5.75 Å². The highest BCUT2D eigenvalue weighted by Gasteiger charge is 2.16. The minimum Gasteiger partial charge on any atom is -0.507 e. The van der Waals surface area contributed by atoms with Crippen LogP contribution in [0, 0.1) is 11.3 Å². The van der Waals surface area contributed by atoms with Crippen LogP contribution >= 0.6 is 11.6 Å². The summed E-state index contributed by atoms with van der Waals surface area (Å²) in [5.41, 5.74) is 2.78. The van der Waals surface area contributed by atoms with Crippen LogP contribution in [0.2, 0.25) is 5.02 Å². The van der Waals surface area contributed by atoms with Crippen molar-refractivity contribution >= 4 is 23.5 Å². The number of hydrogen-bond acceptors (Lipinski definition) is 4. The lowest BCUT2D eigenvalue weighted by Gasteiger charge is -2.12. The summed E-state index contributed by atoms with van der Waals surface area (Å²) in [5, 5.41) is 20.0. The number of aliphatic imine (C=N–C) groups is 1. The van der Waals surface area contributed by atoms with Crippen LogP contribution in [0.3, 0.4) is 0 Å². The SMILES string of the molecule is COc1ccc(O)c(C=Nc2ccc([C@@H](C#N)c3ccccc3)c(Cl)c2)c1. The molecule has 0 spiro atoms. The van der Waals surface area contributed by atoms with Crippen molar-refractivity contribution in [2.45, 2.75) is 5.92 Å². The molecule has 0 aromatic heterocycles. The molecule has 0 saturated carbocycles. The maximum absolute atomic E-state index is 9.93. The van der Waals surface area contributed by atoms with E-state index < -0.39 is 5.92 Å². The Bertz CT molecular complexity index is 1010. The van der Waals surface area contributed by atoms with Crippen LogP contribution in [0.25, 0.3) is 0 Å². The second kappa shape index (κ2) is 8.39. The Balaban J connectivity index is 1.88. The molecule has 4 nitrogen and oxygen atoms in total. The Labute approximate surface area is 163 Å². The van der Waals surface area contributed by atoms with E-state index in [1.807, 2.05) is 30.3 Å². The van der Waals surface area contributed by atoms with Crippen LogP contribution in [-0.4, -0.2) is 18.4 Å². The van der Waals surface area contributed by atoms with Gasteiger partial charge in [0.2, 0.25) is 0 Å². The molecular weight excluding hydrogens is 360 g/mol. The summed E-state index contributed by atoms with van der Waals surface area (Å²) >= 11 is 6.42. The van der Waals surface area contributed by atoms with E-state index in [0.29, 0.717) is 22.0 Å². The third kappa shape index (κ3) is 4.28. The number of phenols is 1. The molecule has 0 amide bonds. The van der Waals surface area contributed by atoms with Crippen LogP contribution in [0.1, 0.15) is 22.6 Å². The number of phenolic OH excluding ortho intramolecular Hbond substituents is 1. The van der Waals surface area contributed by atoms with Gasteiger partial charge in [0.05, 0.1) is 24.8 Å². The van der Waals surface area contributed by atoms with Crippen LogP contribution in [-0.2, 0) is 0 Å². The van der Waals surface area contributed by atoms with E-state index >= 15 is 0 Å². The summed E-state index contributed by atoms with van der Waals surface area (Å²) in [6.45, 7) is 0. The van der Waals surface area contributed by atoms with Crippen molar-refractivity contribution in [2.24, 2.45) is 4.99 Å². The fourth-order valence-electron chi connectivity index (χ4n) is 2.71. The molecule has 3 aromatic rings. The second-order valence-electron chi connectivity index (χ2n) is 5.86. The summed E-state index contributed by atoms with van der Waals surface area (Å²) in [7, 11) is 1.56. The highest BCUT2D eigenvalue weighted by atomic mass is 35.5. The molecule has 0 radical (unpaired) electrons. The monoisotopic (exact) mass is 376 g/mol. The van der Waals surface area contributed by atoms with E-state index in [9.17, 15) is 10.4 Å². The van der Waals surface area contributed by atoms with Crippen molar-refractivity contribution < 1.29 is 9.84 Å². The Morgan fingerprint density at radius 1 is 1.11 bits per heavy atom. The van der Waals surface area contributed by atoms with Gasteiger partial charge in [-0.2, -0.15) is 5.26 Å². The zero-order valence-electron chi connectivity index (χ0n) is 14.6. The summed E-state index contributed by atoms with van der Waals surface area (Å²) in [5.74, 6) is 0.289. The molecule has 0 aliphatic rings. The molecule has 0 fully saturated rings. The molecule has 0 aliphatic carbocycles. The molecule has 5 heteroatoms. The van der Waals surface area contributed by atoms with Gasteiger partial charge in [-0.25, -0.2) is 0 Å². The predicted molar refractivity (Wildman–Crippen MR) is 107 cm³/mol. The first-order valence-electron chi connectivity index (χ1n) is 8.27. The molecule has 1 atom stereocenters. The molecule has 1 N–H and O–H groups in total. The molecule has 0 unspecified atom stereocenters. The van der Waals surface area contributed by atoms with Gasteiger partial charge in [-0.1, -0.05) is 48.0 Å². The number of nitriles is 1. The molecule has 0 bridgehead atoms. The molecule has 134 valence electrons. The van der Waals surface area contributed by atoms with Crippen molar-refractivity contribution in [3.8, 4) is 17.6 Å². The number of aromatic hydroxyl groups is 1. The summed E-state index contributed by atoms with van der Waals surface area (Å²) in [4.78, 5) is 4.36. The zero-order valence-corrected chi connectivity index (χ0v) is 15.4. The van der Waals surface area contributed by atoms with E-state index in [2.05, 4.69) is 11.1 Å². The van der Waals surface area contributed by atoms with Gasteiger partial charge in [0.1, 0.15) is 11.5 Å². The van der Waals surface area contributed by atoms with Gasteiger partial charge in [-0.15, -0.1) is 0 Å². The number of ether oxygens (including phenoxy) is 1. The first-order valence-corrected chi connectivity index (χ1v) is 8.65. The minimum absolute atomic E-state index is 0.107. The zero-order chi connectivity index (χ0) is 19.2. The summed E-state index contributed by atoms with van der Waals surface area (Å²) in [6, 6.07) is 22.0. The average molecular weight is 377 g/mol. The largest absolute Gasteiger partial charge is 0.507 e. The second-order valence-corrected chi connectivity index (χ2v) is 6.27. The lowest BCUT2D eigenvalue weighted by Crippen LogP contribution is -1.98. The first-order chi connectivity index (χ1) is 13.1. The number of hydrogen-bond donors (Lipinski definition) is 1. The van der Waals surface area contributed by atoms with Gasteiger partial charge in [0.15, 0.2) is 0 Å². The summed E-state index contributed by atoms with van der Waals surface area (Å²) < 4.78 is 5.15. The Morgan fingerprint density at radius 3 is 2.56 bits per heavy atom. The number of methoxy groups -OCH3 is 1. The molecule has 3 rings (SSSR count). The van der Waals surface area contributed by atoms with E-state index in [1.165, 1.54) is 0 Å². The minimum atomic E-state index is -0.445. The third-order valence-corrected chi connectivity index (χ3v) is 4.47. The molecule has 0 saturated heterocycles. The Kier molecular flexibility index (Phi) is 5.75. The fraction of sp³-hybridized carbons (Fsp3) is 0.0909. The maximum atomic E-state index is 9.93. The topological polar surface area (TPSA) is 65.6 Å². The van der Waals surface area contributed by atoms with Crippen molar-refractivity contribution in [3.05, 3.63) is 88.4 Å². The normalized spacial score (nSPS) is 11.9. The van der Waals surface area contributed by atoms with Crippen molar-refractivity contribution in [1.82, 2.24) is 0 Å². The highest BCUT2D eigenvalue weighted by Crippen LogP contribution is 2.32. The van der Waals surface area contributed by atoms with Gasteiger partial charge >= 0.3 is 0 Å². The van der Waals surface area contributed by atoms with Gasteiger partial charge in [-0.3, -0.25) is 4.99 Å². The smallest absolute Gasteiger partial charge is 0.124 e. The number of halogens is 1. The van der Waals surface area contributed by atoms with Crippen molar-refractivity contribution in [3.63, 3.8) is 0 Å². The number of rotatable bonds is 5. The van der Waals surface area contributed by atoms with E-state index in [0.717, 1.165) is 11.1 Å². The molecular formula is C22H17ClN2O2. The molecule has 27 heavy (non-hydrogen) atoms. The quantitative estimate of drug-likeness (QED) is 0.601. The fourth-order valence-corrected chi connectivity index (χ4v) is 2.99. The lowest BCUT2D eigenvalue weighted by atomic mass is 9.92. The predicted octanol–water partition coefficient (Wildman–Crippen LogP) is 5.46. The van der Waals surface area contributed by atoms with Crippen molar-refractivity contribution in [2.75, 3.05) is 7.11 Å². The van der Waals surface area contributed by atoms with Crippen molar-refractivity contribution in [1.29, 1.82) is 5.26 Å². The Hall–Kier alpha value is -3.29. The highest BCUT2D eigenvalue weighted by molar-refractivity contribution is 6.31. The van der Waals surface area contributed by atoms with Gasteiger partial charge < -0.3 is 9.84 Å². The molecule has 0 heterocycles. The maximum Gasteiger partial charge on any atom is 0.124 e. The van der Waals surface area contributed by atoms with Gasteiger partial charge in [-0.05, 0) is 41.5 Å². The molecule has 0 aliphatic heterocycles. The Morgan fingerprint density at radius 2 is 1.89 bits per heavy atom. The summed E-state index contributed by atoms with van der Waals surface area (Å²) in [6.07, 6.45) is 1.54. The number of benzene rings is 3. The third-order valence-electron chi connectivity index (χ3n) is 4.14. The molecule has 3 aromatic carbocycles. The van der Waals surface area contributed by atoms with E-state index in [4.69, 9.17) is 16.3 Å². The van der Waals surface area contributed by atoms with E-state index in [1.54, 1.807) is 49.7 Å². The number of nitrogens with zero attached hydrogens (tertiary/aromatic N) is 2. The van der Waals surface area contributed by atoms with Gasteiger partial charge in [0, 0.05) is 16.8 Å². The average Bonchev–Trinajstić information content (AvgIpc) is 2.70. The van der Waals surface area contributed by atoms with Crippen LogP contribution in [0.4, 0.5) is 5.69 Å². The van der Waals surface area contributed by atoms with Gasteiger partial charge in [0.25, 0.3) is 0 Å².